The molecule has 2 aliphatic heterocycles. The number of hydrogen-bond donors (Lipinski definition) is 3. The van der Waals surface area contributed by atoms with Crippen molar-refractivity contribution in [3.8, 4) is 17.1 Å². The first kappa shape index (κ1) is 27.7. The molecule has 0 saturated carbocycles. The lowest BCUT2D eigenvalue weighted by molar-refractivity contribution is 0.230. The molecule has 2 saturated heterocycles. The zero-order valence-electron chi connectivity index (χ0n) is 22.1. The second kappa shape index (κ2) is 12.1. The van der Waals surface area contributed by atoms with Gasteiger partial charge in [-0.15, -0.1) is 0 Å². The molecule has 0 bridgehead atoms. The maximum absolute atomic E-state index is 16.1. The highest BCUT2D eigenvalue weighted by molar-refractivity contribution is 7.22. The second-order valence-corrected chi connectivity index (χ2v) is 11.4. The number of methoxy groups -OCH3 is 1. The number of fused-ring (bicyclic) bond motifs is 2. The van der Waals surface area contributed by atoms with E-state index in [2.05, 4.69) is 32.2 Å². The van der Waals surface area contributed by atoms with Gasteiger partial charge >= 0.3 is 6.01 Å². The number of ether oxygens (including phenoxy) is 1. The number of aliphatic hydroxyl groups is 1. The Balaban J connectivity index is 0.000000455. The van der Waals surface area contributed by atoms with E-state index in [0.29, 0.717) is 53.6 Å². The summed E-state index contributed by atoms with van der Waals surface area (Å²) in [5, 5.41) is 14.1. The lowest BCUT2D eigenvalue weighted by atomic mass is 10.0. The number of hydrogen-bond acceptors (Lipinski definition) is 10. The number of thiazole rings is 1. The summed E-state index contributed by atoms with van der Waals surface area (Å²) in [7, 11) is 3.62. The van der Waals surface area contributed by atoms with Crippen LogP contribution in [0, 0.1) is 11.7 Å². The molecule has 2 fully saturated rings. The third kappa shape index (κ3) is 5.87. The van der Waals surface area contributed by atoms with Crippen molar-refractivity contribution < 1.29 is 14.2 Å². The average Bonchev–Trinajstić information content (AvgIpc) is 3.49. The predicted octanol–water partition coefficient (Wildman–Crippen LogP) is 4.02. The number of nitrogens with two attached hydrogens (primary N) is 1. The largest absolute Gasteiger partial charge is 0.467 e. The molecule has 1 unspecified atom stereocenters. The second-order valence-electron chi connectivity index (χ2n) is 9.89. The minimum Gasteiger partial charge on any atom is -0.467 e. The summed E-state index contributed by atoms with van der Waals surface area (Å²) in [5.74, 6) is -0.0523. The molecule has 0 radical (unpaired) electrons. The maximum atomic E-state index is 16.1. The fourth-order valence-corrected chi connectivity index (χ4v) is 6.14. The molecule has 9 nitrogen and oxygen atoms in total. The molecule has 39 heavy (non-hydrogen) atoms. The first-order valence-corrected chi connectivity index (χ1v) is 14.2. The van der Waals surface area contributed by atoms with Crippen LogP contribution in [-0.2, 0) is 0 Å². The Kier molecular flexibility index (Phi) is 8.63. The van der Waals surface area contributed by atoms with Gasteiger partial charge in [-0.25, -0.2) is 9.37 Å². The van der Waals surface area contributed by atoms with Crippen LogP contribution in [0.1, 0.15) is 12.8 Å². The van der Waals surface area contributed by atoms with Crippen molar-refractivity contribution >= 4 is 55.0 Å². The molecule has 1 atom stereocenters. The van der Waals surface area contributed by atoms with Crippen molar-refractivity contribution in [2.24, 2.45) is 5.92 Å². The van der Waals surface area contributed by atoms with Crippen molar-refractivity contribution in [3.63, 3.8) is 0 Å². The SMILES string of the molecule is CN1CCCC1.COc1nc(N2CCNCC(CO)C2)c2cc(Cl)c(-c3cccc4sc(N)nc34)c(F)c2n1. The van der Waals surface area contributed by atoms with Crippen LogP contribution in [0.2, 0.25) is 5.02 Å². The summed E-state index contributed by atoms with van der Waals surface area (Å²) >= 11 is 8.00. The topological polar surface area (TPSA) is 113 Å². The molecule has 6 rings (SSSR count). The van der Waals surface area contributed by atoms with E-state index < -0.39 is 5.82 Å². The van der Waals surface area contributed by atoms with Crippen molar-refractivity contribution in [2.45, 2.75) is 12.8 Å². The summed E-state index contributed by atoms with van der Waals surface area (Å²) in [6.07, 6.45) is 2.83. The van der Waals surface area contributed by atoms with E-state index in [-0.39, 0.29) is 34.6 Å². The van der Waals surface area contributed by atoms with E-state index >= 15 is 4.39 Å². The quantitative estimate of drug-likeness (QED) is 0.333. The average molecular weight is 574 g/mol. The Labute approximate surface area is 235 Å². The van der Waals surface area contributed by atoms with E-state index in [1.165, 1.54) is 44.4 Å². The van der Waals surface area contributed by atoms with Gasteiger partial charge < -0.3 is 30.7 Å². The van der Waals surface area contributed by atoms with Gasteiger partial charge in [0.2, 0.25) is 0 Å². The van der Waals surface area contributed by atoms with Crippen molar-refractivity contribution in [1.29, 1.82) is 0 Å². The summed E-state index contributed by atoms with van der Waals surface area (Å²) in [6, 6.07) is 7.21. The number of anilines is 2. The third-order valence-corrected chi connectivity index (χ3v) is 8.24. The number of para-hydroxylation sites is 1. The van der Waals surface area contributed by atoms with Crippen LogP contribution in [0.5, 0.6) is 6.01 Å². The van der Waals surface area contributed by atoms with Gasteiger partial charge in [0, 0.05) is 55.2 Å². The van der Waals surface area contributed by atoms with Gasteiger partial charge in [-0.05, 0) is 45.1 Å². The Bertz CT molecular complexity index is 1460. The minimum absolute atomic E-state index is 0.0100. The van der Waals surface area contributed by atoms with Crippen LogP contribution in [0.25, 0.3) is 32.2 Å². The van der Waals surface area contributed by atoms with Crippen LogP contribution < -0.4 is 20.7 Å². The number of aliphatic hydroxyl groups excluding tert-OH is 1. The van der Waals surface area contributed by atoms with Crippen LogP contribution in [0.3, 0.4) is 0 Å². The van der Waals surface area contributed by atoms with Gasteiger partial charge in [-0.1, -0.05) is 35.1 Å². The number of nitrogens with one attached hydrogen (secondary N) is 1. The van der Waals surface area contributed by atoms with E-state index in [4.69, 9.17) is 22.1 Å². The molecule has 208 valence electrons. The Morgan fingerprint density at radius 3 is 2.69 bits per heavy atom. The zero-order chi connectivity index (χ0) is 27.5. The van der Waals surface area contributed by atoms with Crippen LogP contribution in [0.4, 0.5) is 15.3 Å². The van der Waals surface area contributed by atoms with Gasteiger partial charge in [0.05, 0.1) is 22.3 Å². The van der Waals surface area contributed by atoms with Crippen LogP contribution >= 0.6 is 22.9 Å². The Morgan fingerprint density at radius 2 is 2.00 bits per heavy atom. The molecule has 4 heterocycles. The number of nitrogens with zero attached hydrogens (tertiary/aromatic N) is 5. The molecule has 12 heteroatoms. The molecule has 4 aromatic rings. The van der Waals surface area contributed by atoms with Crippen molar-refractivity contribution in [2.75, 3.05) is 70.7 Å². The highest BCUT2D eigenvalue weighted by Crippen LogP contribution is 2.42. The lowest BCUT2D eigenvalue weighted by Crippen LogP contribution is -2.32. The summed E-state index contributed by atoms with van der Waals surface area (Å²) in [6.45, 7) is 5.24. The van der Waals surface area contributed by atoms with E-state index in [1.54, 1.807) is 12.1 Å². The molecule has 2 aromatic carbocycles. The van der Waals surface area contributed by atoms with E-state index in [0.717, 1.165) is 4.70 Å². The number of rotatable bonds is 4. The Hall–Kier alpha value is -2.83. The van der Waals surface area contributed by atoms with Crippen LogP contribution in [-0.4, -0.2) is 85.0 Å². The molecular weight excluding hydrogens is 541 g/mol. The van der Waals surface area contributed by atoms with Crippen LogP contribution in [0.15, 0.2) is 24.3 Å². The van der Waals surface area contributed by atoms with Gasteiger partial charge in [0.15, 0.2) is 10.9 Å². The van der Waals surface area contributed by atoms with Gasteiger partial charge in [0.1, 0.15) is 11.3 Å². The first-order chi connectivity index (χ1) is 18.9. The zero-order valence-corrected chi connectivity index (χ0v) is 23.7. The number of aromatic nitrogens is 3. The standard InChI is InChI=1S/C22H22ClFN6O2S.C5H11N/c1-32-22-28-19-13(20(29-22)30-6-5-26-8-11(9-30)10-31)7-14(23)16(17(19)24)12-3-2-4-15-18(12)27-21(25)33-15;1-6-4-2-3-5-6/h2-4,7,11,26,31H,5-6,8-10H2,1H3,(H2,25,27);2-5H2,1H3. The first-order valence-electron chi connectivity index (χ1n) is 13.0. The molecule has 0 amide bonds. The Morgan fingerprint density at radius 1 is 1.21 bits per heavy atom. The number of halogens is 2. The number of benzene rings is 2. The highest BCUT2D eigenvalue weighted by atomic mass is 35.5. The van der Waals surface area contributed by atoms with Crippen molar-refractivity contribution in [3.05, 3.63) is 35.1 Å². The van der Waals surface area contributed by atoms with Gasteiger partial charge in [-0.3, -0.25) is 0 Å². The summed E-state index contributed by atoms with van der Waals surface area (Å²) < 4.78 is 22.2. The molecule has 2 aliphatic rings. The van der Waals surface area contributed by atoms with Gasteiger partial charge in [-0.2, -0.15) is 9.97 Å². The molecule has 0 spiro atoms. The van der Waals surface area contributed by atoms with E-state index in [9.17, 15) is 5.11 Å². The number of nitrogen functional groups attached to an aromatic ring is 1. The molecule has 4 N–H and O–H groups in total. The predicted molar refractivity (Wildman–Crippen MR) is 156 cm³/mol. The monoisotopic (exact) mass is 573 g/mol. The highest BCUT2D eigenvalue weighted by Gasteiger charge is 2.26. The maximum Gasteiger partial charge on any atom is 0.318 e. The smallest absolute Gasteiger partial charge is 0.318 e. The molecule has 0 aliphatic carbocycles. The third-order valence-electron chi connectivity index (χ3n) is 7.09. The number of likely N-dealkylation sites (tertiary alicyclic amines) is 1. The van der Waals surface area contributed by atoms with Gasteiger partial charge in [0.25, 0.3) is 0 Å². The normalized spacial score (nSPS) is 18.3. The van der Waals surface area contributed by atoms with E-state index in [1.807, 2.05) is 17.0 Å². The van der Waals surface area contributed by atoms with Crippen molar-refractivity contribution in [1.82, 2.24) is 25.2 Å². The summed E-state index contributed by atoms with van der Waals surface area (Å²) in [4.78, 5) is 17.6. The molecule has 2 aromatic heterocycles. The fraction of sp³-hybridized carbons (Fsp3) is 0.444. The molecular formula is C27H33ClFN7O2S. The summed E-state index contributed by atoms with van der Waals surface area (Å²) in [5.41, 5.74) is 7.34. The minimum atomic E-state index is -0.579. The fourth-order valence-electron chi connectivity index (χ4n) is 5.08. The lowest BCUT2D eigenvalue weighted by Gasteiger charge is -2.26.